The average molecular weight is 282 g/mol. The van der Waals surface area contributed by atoms with Crippen LogP contribution in [0.1, 0.15) is 12.5 Å². The highest BCUT2D eigenvalue weighted by Gasteiger charge is 2.17. The number of phenolic OH excluding ortho intramolecular Hbond substituents is 1. The third-order valence-corrected chi connectivity index (χ3v) is 3.21. The minimum absolute atomic E-state index is 0.0653. The monoisotopic (exact) mass is 282 g/mol. The number of nitrogen functional groups attached to an aromatic ring is 1. The first-order valence-corrected chi connectivity index (χ1v) is 6.56. The van der Waals surface area contributed by atoms with Crippen molar-refractivity contribution in [1.82, 2.24) is 15.1 Å². The molecule has 106 valence electrons. The number of rotatable bonds is 3. The standard InChI is InChI=1S/C15H14N4O2/c1-2-9-5-4-8-17-12(9)14-18-15(21-19-14)10-6-3-7-11(16)13(10)20/h3-8,20H,2,16H2,1H3. The van der Waals surface area contributed by atoms with E-state index in [1.807, 2.05) is 19.1 Å². The molecule has 0 amide bonds. The molecule has 2 aromatic heterocycles. The van der Waals surface area contributed by atoms with Gasteiger partial charge in [-0.2, -0.15) is 4.98 Å². The van der Waals surface area contributed by atoms with E-state index in [2.05, 4.69) is 15.1 Å². The molecule has 0 aliphatic carbocycles. The minimum Gasteiger partial charge on any atom is -0.505 e. The van der Waals surface area contributed by atoms with Crippen LogP contribution in [-0.2, 0) is 6.42 Å². The number of para-hydroxylation sites is 1. The Morgan fingerprint density at radius 3 is 2.90 bits per heavy atom. The minimum atomic E-state index is -0.0653. The molecule has 1 aromatic carbocycles. The molecule has 0 atom stereocenters. The zero-order valence-corrected chi connectivity index (χ0v) is 11.4. The molecule has 3 rings (SSSR count). The highest BCUT2D eigenvalue weighted by molar-refractivity contribution is 5.72. The Morgan fingerprint density at radius 1 is 1.24 bits per heavy atom. The number of nitrogens with two attached hydrogens (primary N) is 1. The second-order valence-corrected chi connectivity index (χ2v) is 4.53. The van der Waals surface area contributed by atoms with E-state index in [1.165, 1.54) is 0 Å². The number of nitrogens with zero attached hydrogens (tertiary/aromatic N) is 3. The Hall–Kier alpha value is -2.89. The maximum atomic E-state index is 9.96. The Balaban J connectivity index is 2.06. The van der Waals surface area contributed by atoms with Gasteiger partial charge in [-0.05, 0) is 30.2 Å². The van der Waals surface area contributed by atoms with Gasteiger partial charge in [-0.15, -0.1) is 0 Å². The molecule has 0 aliphatic rings. The summed E-state index contributed by atoms with van der Waals surface area (Å²) in [6, 6.07) is 8.82. The average Bonchev–Trinajstić information content (AvgIpc) is 2.99. The molecule has 21 heavy (non-hydrogen) atoms. The Kier molecular flexibility index (Phi) is 3.27. The highest BCUT2D eigenvalue weighted by Crippen LogP contribution is 2.33. The lowest BCUT2D eigenvalue weighted by molar-refractivity contribution is 0.426. The SMILES string of the molecule is CCc1cccnc1-c1noc(-c2cccc(N)c2O)n1. The van der Waals surface area contributed by atoms with Gasteiger partial charge in [0.25, 0.3) is 5.89 Å². The molecule has 0 unspecified atom stereocenters. The molecule has 3 N–H and O–H groups in total. The van der Waals surface area contributed by atoms with Gasteiger partial charge in [-0.1, -0.05) is 24.2 Å². The van der Waals surface area contributed by atoms with Crippen LogP contribution in [0.2, 0.25) is 0 Å². The second-order valence-electron chi connectivity index (χ2n) is 4.53. The van der Waals surface area contributed by atoms with E-state index in [0.717, 1.165) is 12.0 Å². The summed E-state index contributed by atoms with van der Waals surface area (Å²) in [5.74, 6) is 0.538. The number of aromatic hydroxyl groups is 1. The zero-order valence-electron chi connectivity index (χ0n) is 11.4. The van der Waals surface area contributed by atoms with Crippen LogP contribution >= 0.6 is 0 Å². The van der Waals surface area contributed by atoms with Crippen molar-refractivity contribution >= 4 is 5.69 Å². The Labute approximate surface area is 121 Å². The molecule has 3 aromatic rings. The number of pyridine rings is 1. The fourth-order valence-electron chi connectivity index (χ4n) is 2.09. The van der Waals surface area contributed by atoms with E-state index in [4.69, 9.17) is 10.3 Å². The highest BCUT2D eigenvalue weighted by atomic mass is 16.5. The first kappa shape index (κ1) is 13.1. The van der Waals surface area contributed by atoms with E-state index < -0.39 is 0 Å². The lowest BCUT2D eigenvalue weighted by Gasteiger charge is -2.02. The number of aromatic nitrogens is 3. The van der Waals surface area contributed by atoms with Crippen LogP contribution in [0.15, 0.2) is 41.1 Å². The maximum Gasteiger partial charge on any atom is 0.262 e. The number of aryl methyl sites for hydroxylation is 1. The summed E-state index contributed by atoms with van der Waals surface area (Å²) in [5.41, 5.74) is 8.05. The van der Waals surface area contributed by atoms with Crippen LogP contribution in [0.4, 0.5) is 5.69 Å². The van der Waals surface area contributed by atoms with Gasteiger partial charge in [0.15, 0.2) is 5.75 Å². The Bertz CT molecular complexity index is 783. The molecule has 0 bridgehead atoms. The number of hydrogen-bond acceptors (Lipinski definition) is 6. The van der Waals surface area contributed by atoms with Gasteiger partial charge in [0.05, 0.1) is 11.3 Å². The van der Waals surface area contributed by atoms with Crippen LogP contribution in [0.5, 0.6) is 5.75 Å². The quantitative estimate of drug-likeness (QED) is 0.566. The summed E-state index contributed by atoms with van der Waals surface area (Å²) in [4.78, 5) is 8.60. The normalized spacial score (nSPS) is 10.7. The van der Waals surface area contributed by atoms with E-state index >= 15 is 0 Å². The largest absolute Gasteiger partial charge is 0.505 e. The van der Waals surface area contributed by atoms with Gasteiger partial charge < -0.3 is 15.4 Å². The van der Waals surface area contributed by atoms with Crippen molar-refractivity contribution in [2.75, 3.05) is 5.73 Å². The molecule has 6 nitrogen and oxygen atoms in total. The molecule has 0 saturated carbocycles. The van der Waals surface area contributed by atoms with Crippen molar-refractivity contribution in [3.05, 3.63) is 42.1 Å². The van der Waals surface area contributed by atoms with Crippen LogP contribution in [0.3, 0.4) is 0 Å². The predicted molar refractivity (Wildman–Crippen MR) is 78.4 cm³/mol. The molecule has 2 heterocycles. The van der Waals surface area contributed by atoms with Crippen molar-refractivity contribution in [2.45, 2.75) is 13.3 Å². The molecule has 0 radical (unpaired) electrons. The number of phenols is 1. The van der Waals surface area contributed by atoms with Gasteiger partial charge in [0.2, 0.25) is 5.82 Å². The van der Waals surface area contributed by atoms with Gasteiger partial charge in [-0.3, -0.25) is 4.98 Å². The summed E-state index contributed by atoms with van der Waals surface area (Å²) >= 11 is 0. The predicted octanol–water partition coefficient (Wildman–Crippen LogP) is 2.65. The third-order valence-electron chi connectivity index (χ3n) is 3.21. The van der Waals surface area contributed by atoms with Crippen LogP contribution < -0.4 is 5.73 Å². The van der Waals surface area contributed by atoms with Crippen molar-refractivity contribution < 1.29 is 9.63 Å². The van der Waals surface area contributed by atoms with Gasteiger partial charge >= 0.3 is 0 Å². The van der Waals surface area contributed by atoms with Gasteiger partial charge in [0, 0.05) is 6.20 Å². The topological polar surface area (TPSA) is 98.1 Å². The first-order chi connectivity index (χ1) is 10.2. The summed E-state index contributed by atoms with van der Waals surface area (Å²) in [6.45, 7) is 2.03. The molecule has 0 aliphatic heterocycles. The zero-order chi connectivity index (χ0) is 14.8. The van der Waals surface area contributed by atoms with Gasteiger partial charge in [-0.25, -0.2) is 0 Å². The van der Waals surface area contributed by atoms with Crippen molar-refractivity contribution in [3.63, 3.8) is 0 Å². The van der Waals surface area contributed by atoms with Crippen LogP contribution in [-0.4, -0.2) is 20.2 Å². The summed E-state index contributed by atoms with van der Waals surface area (Å²) in [6.07, 6.45) is 2.50. The fourth-order valence-corrected chi connectivity index (χ4v) is 2.09. The van der Waals surface area contributed by atoms with Crippen LogP contribution in [0, 0.1) is 0 Å². The number of anilines is 1. The van der Waals surface area contributed by atoms with Crippen molar-refractivity contribution in [1.29, 1.82) is 0 Å². The second kappa shape index (κ2) is 5.24. The van der Waals surface area contributed by atoms with Crippen LogP contribution in [0.25, 0.3) is 23.0 Å². The first-order valence-electron chi connectivity index (χ1n) is 6.56. The van der Waals surface area contributed by atoms with Crippen molar-refractivity contribution in [2.24, 2.45) is 0 Å². The summed E-state index contributed by atoms with van der Waals surface area (Å²) in [5, 5.41) is 13.9. The Morgan fingerprint density at radius 2 is 2.10 bits per heavy atom. The smallest absolute Gasteiger partial charge is 0.262 e. The van der Waals surface area contributed by atoms with E-state index in [9.17, 15) is 5.11 Å². The molecule has 0 fully saturated rings. The van der Waals surface area contributed by atoms with Gasteiger partial charge in [0.1, 0.15) is 5.69 Å². The third kappa shape index (κ3) is 2.31. The summed E-state index contributed by atoms with van der Waals surface area (Å²) in [7, 11) is 0. The fraction of sp³-hybridized carbons (Fsp3) is 0.133. The molecular weight excluding hydrogens is 268 g/mol. The molecular formula is C15H14N4O2. The molecule has 6 heteroatoms. The van der Waals surface area contributed by atoms with E-state index in [0.29, 0.717) is 17.1 Å². The number of benzene rings is 1. The van der Waals surface area contributed by atoms with Crippen molar-refractivity contribution in [3.8, 4) is 28.7 Å². The lowest BCUT2D eigenvalue weighted by Crippen LogP contribution is -1.92. The maximum absolute atomic E-state index is 9.96. The number of hydrogen-bond donors (Lipinski definition) is 2. The lowest BCUT2D eigenvalue weighted by atomic mass is 10.1. The van der Waals surface area contributed by atoms with E-state index in [1.54, 1.807) is 24.4 Å². The molecule has 0 saturated heterocycles. The molecule has 0 spiro atoms. The summed E-state index contributed by atoms with van der Waals surface area (Å²) < 4.78 is 5.22. The van der Waals surface area contributed by atoms with E-state index in [-0.39, 0.29) is 17.3 Å².